The molecule has 3 rings (SSSR count). The van der Waals surface area contributed by atoms with E-state index in [4.69, 9.17) is 10.5 Å². The summed E-state index contributed by atoms with van der Waals surface area (Å²) >= 11 is 0. The third kappa shape index (κ3) is 5.63. The number of amides is 1. The summed E-state index contributed by atoms with van der Waals surface area (Å²) in [4.78, 5) is 25.0. The van der Waals surface area contributed by atoms with E-state index in [-0.39, 0.29) is 17.8 Å². The normalized spacial score (nSPS) is 16.5. The Morgan fingerprint density at radius 3 is 2.89 bits per heavy atom. The number of hydrogen-bond acceptors (Lipinski definition) is 6. The fraction of sp³-hybridized carbons (Fsp3) is 0.450. The van der Waals surface area contributed by atoms with Gasteiger partial charge in [-0.15, -0.1) is 0 Å². The fourth-order valence-corrected chi connectivity index (χ4v) is 3.27. The highest BCUT2D eigenvalue weighted by molar-refractivity contribution is 5.76. The number of halogens is 1. The number of hydrogen-bond donors (Lipinski definition) is 1. The van der Waals surface area contributed by atoms with E-state index in [1.807, 2.05) is 11.9 Å². The second-order valence-electron chi connectivity index (χ2n) is 7.00. The standard InChI is InChI=1S/C20H26FN5O2/c1-25(14-19-23-10-8-18(22)24-19)16-9-11-26(13-16)20(27)3-2-12-28-17-6-4-15(21)5-7-17/h4-8,10,16H,2-3,9,11-14H2,1H3,(H2,22,23,24). The van der Waals surface area contributed by atoms with Gasteiger partial charge in [0.1, 0.15) is 23.2 Å². The van der Waals surface area contributed by atoms with Crippen molar-refractivity contribution in [1.29, 1.82) is 0 Å². The van der Waals surface area contributed by atoms with Gasteiger partial charge in [0.25, 0.3) is 0 Å². The lowest BCUT2D eigenvalue weighted by atomic mass is 10.2. The topological polar surface area (TPSA) is 84.6 Å². The van der Waals surface area contributed by atoms with Crippen LogP contribution in [0.4, 0.5) is 10.2 Å². The molecule has 1 atom stereocenters. The van der Waals surface area contributed by atoms with Crippen molar-refractivity contribution >= 4 is 11.7 Å². The van der Waals surface area contributed by atoms with Gasteiger partial charge < -0.3 is 15.4 Å². The van der Waals surface area contributed by atoms with Gasteiger partial charge in [-0.3, -0.25) is 9.69 Å². The average molecular weight is 387 g/mol. The van der Waals surface area contributed by atoms with Crippen molar-refractivity contribution in [1.82, 2.24) is 19.8 Å². The second kappa shape index (κ2) is 9.45. The molecule has 1 unspecified atom stereocenters. The Balaban J connectivity index is 1.38. The van der Waals surface area contributed by atoms with Gasteiger partial charge in [-0.1, -0.05) is 0 Å². The summed E-state index contributed by atoms with van der Waals surface area (Å²) < 4.78 is 18.4. The van der Waals surface area contributed by atoms with Crippen LogP contribution in [-0.4, -0.2) is 58.5 Å². The maximum absolute atomic E-state index is 12.9. The van der Waals surface area contributed by atoms with Crippen molar-refractivity contribution in [2.24, 2.45) is 0 Å². The van der Waals surface area contributed by atoms with E-state index in [1.165, 1.54) is 12.1 Å². The predicted molar refractivity (Wildman–Crippen MR) is 104 cm³/mol. The van der Waals surface area contributed by atoms with Gasteiger partial charge in [-0.25, -0.2) is 14.4 Å². The van der Waals surface area contributed by atoms with E-state index in [0.717, 1.165) is 13.0 Å². The molecule has 8 heteroatoms. The number of nitrogens with zero attached hydrogens (tertiary/aromatic N) is 4. The number of benzene rings is 1. The van der Waals surface area contributed by atoms with Crippen molar-refractivity contribution in [3.05, 3.63) is 48.2 Å². The first-order chi connectivity index (χ1) is 13.5. The molecule has 7 nitrogen and oxygen atoms in total. The van der Waals surface area contributed by atoms with Crippen LogP contribution in [0.3, 0.4) is 0 Å². The number of nitrogens with two attached hydrogens (primary N) is 1. The maximum Gasteiger partial charge on any atom is 0.222 e. The Morgan fingerprint density at radius 1 is 1.36 bits per heavy atom. The minimum absolute atomic E-state index is 0.138. The van der Waals surface area contributed by atoms with Crippen LogP contribution in [0.15, 0.2) is 36.5 Å². The Kier molecular flexibility index (Phi) is 6.76. The Hall–Kier alpha value is -2.74. The SMILES string of the molecule is CN(Cc1nccc(N)n1)C1CCN(C(=O)CCCOc2ccc(F)cc2)C1. The van der Waals surface area contributed by atoms with Gasteiger partial charge in [0.2, 0.25) is 5.91 Å². The van der Waals surface area contributed by atoms with Crippen molar-refractivity contribution in [3.8, 4) is 5.75 Å². The number of nitrogen functional groups attached to an aromatic ring is 1. The molecule has 0 saturated carbocycles. The van der Waals surface area contributed by atoms with Crippen molar-refractivity contribution < 1.29 is 13.9 Å². The van der Waals surface area contributed by atoms with Crippen molar-refractivity contribution in [3.63, 3.8) is 0 Å². The summed E-state index contributed by atoms with van der Waals surface area (Å²) in [5, 5.41) is 0. The predicted octanol–water partition coefficient (Wildman–Crippen LogP) is 2.09. The Morgan fingerprint density at radius 2 is 2.14 bits per heavy atom. The van der Waals surface area contributed by atoms with Gasteiger partial charge in [-0.2, -0.15) is 0 Å². The molecule has 2 aromatic rings. The summed E-state index contributed by atoms with van der Waals surface area (Å²) in [5.41, 5.74) is 5.70. The van der Waals surface area contributed by atoms with E-state index >= 15 is 0 Å². The lowest BCUT2D eigenvalue weighted by Crippen LogP contribution is -2.36. The number of ether oxygens (including phenoxy) is 1. The smallest absolute Gasteiger partial charge is 0.222 e. The molecule has 0 aliphatic carbocycles. The fourth-order valence-electron chi connectivity index (χ4n) is 3.27. The summed E-state index contributed by atoms with van der Waals surface area (Å²) in [6.45, 7) is 2.49. The first-order valence-corrected chi connectivity index (χ1v) is 9.45. The molecule has 0 spiro atoms. The molecular formula is C20H26FN5O2. The minimum atomic E-state index is -0.293. The molecule has 1 aliphatic rings. The first-order valence-electron chi connectivity index (χ1n) is 9.45. The lowest BCUT2D eigenvalue weighted by molar-refractivity contribution is -0.130. The van der Waals surface area contributed by atoms with Crippen LogP contribution in [0.2, 0.25) is 0 Å². The molecular weight excluding hydrogens is 361 g/mol. The highest BCUT2D eigenvalue weighted by Crippen LogP contribution is 2.18. The molecule has 1 aromatic carbocycles. The molecule has 1 aliphatic heterocycles. The monoisotopic (exact) mass is 387 g/mol. The molecule has 28 heavy (non-hydrogen) atoms. The third-order valence-electron chi connectivity index (χ3n) is 4.87. The number of carbonyl (C=O) groups is 1. The number of rotatable bonds is 8. The molecule has 2 heterocycles. The molecule has 1 fully saturated rings. The van der Waals surface area contributed by atoms with E-state index in [0.29, 0.717) is 49.9 Å². The van der Waals surface area contributed by atoms with Gasteiger partial charge in [-0.05, 0) is 50.2 Å². The van der Waals surface area contributed by atoms with E-state index < -0.39 is 0 Å². The summed E-state index contributed by atoms with van der Waals surface area (Å²) in [6, 6.07) is 7.83. The molecule has 0 radical (unpaired) electrons. The molecule has 1 amide bonds. The number of likely N-dealkylation sites (tertiary alicyclic amines) is 1. The second-order valence-corrected chi connectivity index (χ2v) is 7.00. The highest BCUT2D eigenvalue weighted by Gasteiger charge is 2.28. The third-order valence-corrected chi connectivity index (χ3v) is 4.87. The zero-order valence-electron chi connectivity index (χ0n) is 16.1. The van der Waals surface area contributed by atoms with E-state index in [2.05, 4.69) is 14.9 Å². The van der Waals surface area contributed by atoms with Crippen LogP contribution in [0, 0.1) is 5.82 Å². The van der Waals surface area contributed by atoms with Crippen LogP contribution < -0.4 is 10.5 Å². The quantitative estimate of drug-likeness (QED) is 0.698. The zero-order chi connectivity index (χ0) is 19.9. The van der Waals surface area contributed by atoms with Crippen LogP contribution in [0.25, 0.3) is 0 Å². The zero-order valence-corrected chi connectivity index (χ0v) is 16.1. The summed E-state index contributed by atoms with van der Waals surface area (Å²) in [7, 11) is 2.02. The summed E-state index contributed by atoms with van der Waals surface area (Å²) in [5.74, 6) is 1.60. The Labute approximate surface area is 164 Å². The van der Waals surface area contributed by atoms with Crippen molar-refractivity contribution in [2.45, 2.75) is 31.8 Å². The van der Waals surface area contributed by atoms with Crippen LogP contribution in [-0.2, 0) is 11.3 Å². The van der Waals surface area contributed by atoms with Crippen molar-refractivity contribution in [2.75, 3.05) is 32.5 Å². The molecule has 0 bridgehead atoms. The Bertz CT molecular complexity index is 786. The van der Waals surface area contributed by atoms with Crippen LogP contribution >= 0.6 is 0 Å². The van der Waals surface area contributed by atoms with Gasteiger partial charge in [0, 0.05) is 31.7 Å². The van der Waals surface area contributed by atoms with Gasteiger partial charge in [0.15, 0.2) is 0 Å². The van der Waals surface area contributed by atoms with Gasteiger partial charge >= 0.3 is 0 Å². The molecule has 2 N–H and O–H groups in total. The maximum atomic E-state index is 12.9. The first kappa shape index (κ1) is 20.0. The average Bonchev–Trinajstić information content (AvgIpc) is 3.17. The summed E-state index contributed by atoms with van der Waals surface area (Å²) in [6.07, 6.45) is 3.65. The minimum Gasteiger partial charge on any atom is -0.494 e. The number of anilines is 1. The van der Waals surface area contributed by atoms with Gasteiger partial charge in [0.05, 0.1) is 13.2 Å². The highest BCUT2D eigenvalue weighted by atomic mass is 19.1. The number of carbonyl (C=O) groups excluding carboxylic acids is 1. The lowest BCUT2D eigenvalue weighted by Gasteiger charge is -2.24. The number of likely N-dealkylation sites (N-methyl/N-ethyl adjacent to an activating group) is 1. The molecule has 1 aromatic heterocycles. The van der Waals surface area contributed by atoms with Crippen LogP contribution in [0.5, 0.6) is 5.75 Å². The molecule has 150 valence electrons. The van der Waals surface area contributed by atoms with E-state index in [1.54, 1.807) is 24.4 Å². The van der Waals surface area contributed by atoms with E-state index in [9.17, 15) is 9.18 Å². The largest absolute Gasteiger partial charge is 0.494 e. The molecule has 1 saturated heterocycles. The number of aromatic nitrogens is 2. The van der Waals surface area contributed by atoms with Crippen LogP contribution in [0.1, 0.15) is 25.1 Å².